The summed E-state index contributed by atoms with van der Waals surface area (Å²) in [5.74, 6) is -0.864. The molecule has 10 heteroatoms. The van der Waals surface area contributed by atoms with Crippen LogP contribution in [-0.4, -0.2) is 70.9 Å². The first-order chi connectivity index (χ1) is 19.3. The molecular weight excluding hydrogens is 513 g/mol. The molecule has 4 rings (SSSR count). The number of nitrogens with zero attached hydrogens (tertiary/aromatic N) is 3. The van der Waals surface area contributed by atoms with Crippen molar-refractivity contribution in [3.63, 3.8) is 0 Å². The van der Waals surface area contributed by atoms with E-state index in [4.69, 9.17) is 4.52 Å². The van der Waals surface area contributed by atoms with Crippen molar-refractivity contribution in [1.82, 2.24) is 25.6 Å². The number of halogens is 1. The van der Waals surface area contributed by atoms with Gasteiger partial charge in [0, 0.05) is 38.8 Å². The maximum Gasteiger partial charge on any atom is 0.290 e. The Labute approximate surface area is 235 Å². The van der Waals surface area contributed by atoms with Crippen molar-refractivity contribution in [3.05, 3.63) is 53.7 Å². The fraction of sp³-hybridized carbons (Fsp3) is 0.600. The molecule has 1 aliphatic heterocycles. The Morgan fingerprint density at radius 1 is 1.02 bits per heavy atom. The van der Waals surface area contributed by atoms with Crippen molar-refractivity contribution in [2.45, 2.75) is 77.4 Å². The number of rotatable bonds is 11. The number of carbonyl (C=O) groups is 3. The predicted octanol–water partition coefficient (Wildman–Crippen LogP) is 3.76. The lowest BCUT2D eigenvalue weighted by Gasteiger charge is -2.38. The maximum atomic E-state index is 13.7. The molecule has 1 aliphatic carbocycles. The quantitative estimate of drug-likeness (QED) is 0.437. The first-order valence-electron chi connectivity index (χ1n) is 14.6. The Bertz CT molecular complexity index is 1100. The minimum atomic E-state index is -0.771. The van der Waals surface area contributed by atoms with E-state index >= 15 is 0 Å². The number of aromatic nitrogens is 1. The Balaban J connectivity index is 1.39. The van der Waals surface area contributed by atoms with Crippen molar-refractivity contribution in [1.29, 1.82) is 0 Å². The van der Waals surface area contributed by atoms with Crippen LogP contribution in [0.1, 0.15) is 74.9 Å². The second-order valence-corrected chi connectivity index (χ2v) is 11.2. The summed E-state index contributed by atoms with van der Waals surface area (Å²) in [5, 5.41) is 9.46. The molecule has 0 bridgehead atoms. The standard InChI is InChI=1S/C30H42FN5O4/c1-3-21(2)27(30(39)36-17-15-35(16-18-36)20-23-9-11-24(31)12-10-23)34-28(37)25(19-22-7-5-4-6-8-22)33-29(38)26-13-14-32-40-26/h9-14,21-22,25,27H,3-8,15-20H2,1-2H3,(H,33,38)(H,34,37)/t21-,25-,27-/m0/s1. The van der Waals surface area contributed by atoms with E-state index in [1.54, 1.807) is 12.1 Å². The molecule has 2 fully saturated rings. The van der Waals surface area contributed by atoms with Crippen molar-refractivity contribution in [2.75, 3.05) is 26.2 Å². The zero-order chi connectivity index (χ0) is 28.5. The highest BCUT2D eigenvalue weighted by molar-refractivity contribution is 5.96. The van der Waals surface area contributed by atoms with Crippen LogP contribution in [0, 0.1) is 17.7 Å². The summed E-state index contributed by atoms with van der Waals surface area (Å²) in [6.07, 6.45) is 8.12. The zero-order valence-electron chi connectivity index (χ0n) is 23.6. The fourth-order valence-corrected chi connectivity index (χ4v) is 5.66. The average Bonchev–Trinajstić information content (AvgIpc) is 3.52. The van der Waals surface area contributed by atoms with Crippen molar-refractivity contribution in [2.24, 2.45) is 11.8 Å². The van der Waals surface area contributed by atoms with Crippen molar-refractivity contribution in [3.8, 4) is 0 Å². The SMILES string of the molecule is CC[C@H](C)[C@H](NC(=O)[C@H](CC1CCCCC1)NC(=O)c1ccno1)C(=O)N1CCN(Cc2ccc(F)cc2)CC1. The molecule has 3 amide bonds. The molecule has 2 heterocycles. The molecule has 2 aliphatic rings. The van der Waals surface area contributed by atoms with Crippen molar-refractivity contribution < 1.29 is 23.3 Å². The second-order valence-electron chi connectivity index (χ2n) is 11.2. The topological polar surface area (TPSA) is 108 Å². The van der Waals surface area contributed by atoms with E-state index in [0.29, 0.717) is 45.1 Å². The van der Waals surface area contributed by atoms with Gasteiger partial charge in [-0.05, 0) is 36.0 Å². The van der Waals surface area contributed by atoms with Gasteiger partial charge in [-0.15, -0.1) is 0 Å². The van der Waals surface area contributed by atoms with E-state index in [9.17, 15) is 18.8 Å². The van der Waals surface area contributed by atoms with Gasteiger partial charge in [-0.3, -0.25) is 19.3 Å². The van der Waals surface area contributed by atoms with Crippen molar-refractivity contribution >= 4 is 17.7 Å². The van der Waals surface area contributed by atoms with Crippen LogP contribution in [0.15, 0.2) is 41.1 Å². The summed E-state index contributed by atoms with van der Waals surface area (Å²) in [5.41, 5.74) is 1.03. The normalized spacial score (nSPS) is 19.0. The van der Waals surface area contributed by atoms with Gasteiger partial charge < -0.3 is 20.1 Å². The second kappa shape index (κ2) is 14.4. The third-order valence-electron chi connectivity index (χ3n) is 8.36. The monoisotopic (exact) mass is 555 g/mol. The van der Waals surface area contributed by atoms with Crippen LogP contribution in [0.4, 0.5) is 4.39 Å². The lowest BCUT2D eigenvalue weighted by atomic mass is 9.84. The lowest BCUT2D eigenvalue weighted by molar-refractivity contribution is -0.140. The molecule has 1 saturated carbocycles. The first-order valence-corrected chi connectivity index (χ1v) is 14.6. The van der Waals surface area contributed by atoms with E-state index in [1.165, 1.54) is 30.8 Å². The molecule has 2 N–H and O–H groups in total. The summed E-state index contributed by atoms with van der Waals surface area (Å²) >= 11 is 0. The summed E-state index contributed by atoms with van der Waals surface area (Å²) < 4.78 is 18.2. The summed E-state index contributed by atoms with van der Waals surface area (Å²) in [6, 6.07) is 6.50. The Morgan fingerprint density at radius 2 is 1.73 bits per heavy atom. The van der Waals surface area contributed by atoms with Gasteiger partial charge in [-0.25, -0.2) is 4.39 Å². The fourth-order valence-electron chi connectivity index (χ4n) is 5.66. The number of benzene rings is 1. The van der Waals surface area contributed by atoms with Crippen LogP contribution in [-0.2, 0) is 16.1 Å². The largest absolute Gasteiger partial charge is 0.351 e. The van der Waals surface area contributed by atoms with Crippen LogP contribution >= 0.6 is 0 Å². The van der Waals surface area contributed by atoms with E-state index in [0.717, 1.165) is 37.7 Å². The highest BCUT2D eigenvalue weighted by atomic mass is 19.1. The summed E-state index contributed by atoms with van der Waals surface area (Å²) in [7, 11) is 0. The molecule has 218 valence electrons. The molecule has 1 aromatic carbocycles. The molecule has 0 radical (unpaired) electrons. The number of carbonyl (C=O) groups excluding carboxylic acids is 3. The maximum absolute atomic E-state index is 13.7. The van der Waals surface area contributed by atoms with Gasteiger partial charge >= 0.3 is 0 Å². The number of hydrogen-bond acceptors (Lipinski definition) is 6. The van der Waals surface area contributed by atoms with E-state index in [1.807, 2.05) is 18.7 Å². The van der Waals surface area contributed by atoms with Crippen LogP contribution in [0.25, 0.3) is 0 Å². The summed E-state index contributed by atoms with van der Waals surface area (Å²) in [6.45, 7) is 7.16. The molecule has 3 atom stereocenters. The van der Waals surface area contributed by atoms with Crippen LogP contribution in [0.2, 0.25) is 0 Å². The number of nitrogens with one attached hydrogen (secondary N) is 2. The lowest BCUT2D eigenvalue weighted by Crippen LogP contribution is -2.59. The smallest absolute Gasteiger partial charge is 0.290 e. The average molecular weight is 556 g/mol. The van der Waals surface area contributed by atoms with Gasteiger partial charge in [-0.2, -0.15) is 0 Å². The van der Waals surface area contributed by atoms with Crippen LogP contribution < -0.4 is 10.6 Å². The molecule has 1 saturated heterocycles. The minimum absolute atomic E-state index is 0.0505. The van der Waals surface area contributed by atoms with E-state index in [2.05, 4.69) is 20.7 Å². The van der Waals surface area contributed by atoms with Gasteiger partial charge in [0.1, 0.15) is 17.9 Å². The van der Waals surface area contributed by atoms with Gasteiger partial charge in [0.2, 0.25) is 17.6 Å². The van der Waals surface area contributed by atoms with Crippen LogP contribution in [0.5, 0.6) is 0 Å². The number of piperazine rings is 1. The number of hydrogen-bond donors (Lipinski definition) is 2. The number of amides is 3. The van der Waals surface area contributed by atoms with Gasteiger partial charge in [-0.1, -0.05) is 69.7 Å². The Morgan fingerprint density at radius 3 is 2.35 bits per heavy atom. The highest BCUT2D eigenvalue weighted by Gasteiger charge is 2.35. The molecule has 40 heavy (non-hydrogen) atoms. The molecule has 1 aromatic heterocycles. The first kappa shape index (κ1) is 29.7. The Hall–Kier alpha value is -3.27. The summed E-state index contributed by atoms with van der Waals surface area (Å²) in [4.78, 5) is 44.2. The van der Waals surface area contributed by atoms with Gasteiger partial charge in [0.25, 0.3) is 5.91 Å². The predicted molar refractivity (Wildman–Crippen MR) is 149 cm³/mol. The minimum Gasteiger partial charge on any atom is -0.351 e. The molecule has 0 unspecified atom stereocenters. The third-order valence-corrected chi connectivity index (χ3v) is 8.36. The highest BCUT2D eigenvalue weighted by Crippen LogP contribution is 2.28. The van der Waals surface area contributed by atoms with E-state index < -0.39 is 18.0 Å². The Kier molecular flexibility index (Phi) is 10.7. The van der Waals surface area contributed by atoms with Crippen LogP contribution in [0.3, 0.4) is 0 Å². The molecule has 2 aromatic rings. The zero-order valence-corrected chi connectivity index (χ0v) is 23.6. The molecule has 9 nitrogen and oxygen atoms in total. The molecular formula is C30H42FN5O4. The molecule has 0 spiro atoms. The van der Waals surface area contributed by atoms with Gasteiger partial charge in [0.15, 0.2) is 0 Å². The third kappa shape index (κ3) is 8.13. The van der Waals surface area contributed by atoms with Gasteiger partial charge in [0.05, 0.1) is 6.20 Å². The van der Waals surface area contributed by atoms with E-state index in [-0.39, 0.29) is 29.3 Å².